The normalized spacial score (nSPS) is 11.2. The molecule has 1 amide bonds. The van der Waals surface area contributed by atoms with Gasteiger partial charge in [-0.05, 0) is 33.3 Å². The maximum atomic E-state index is 12.2. The van der Waals surface area contributed by atoms with Crippen LogP contribution in [-0.4, -0.2) is 27.4 Å². The largest absolute Gasteiger partial charge is 0.481 e. The van der Waals surface area contributed by atoms with Gasteiger partial charge in [-0.15, -0.1) is 0 Å². The standard InChI is InChI=1S/C16H23NO3/c1-12-5-7-13(8-6-12)11-17(16(2,3)4)14(18)9-10-15(19)20/h5-8H,9-11H2,1-4H3,(H,19,20). The average molecular weight is 277 g/mol. The van der Waals surface area contributed by atoms with Crippen LogP contribution < -0.4 is 0 Å². The second-order valence-corrected chi connectivity index (χ2v) is 6.03. The minimum Gasteiger partial charge on any atom is -0.481 e. The molecule has 0 heterocycles. The Morgan fingerprint density at radius 1 is 1.10 bits per heavy atom. The van der Waals surface area contributed by atoms with Gasteiger partial charge in [0.1, 0.15) is 0 Å². The summed E-state index contributed by atoms with van der Waals surface area (Å²) in [5, 5.41) is 8.70. The van der Waals surface area contributed by atoms with Gasteiger partial charge in [0.25, 0.3) is 0 Å². The number of amides is 1. The molecule has 0 saturated carbocycles. The third kappa shape index (κ3) is 5.03. The van der Waals surface area contributed by atoms with Crippen molar-refractivity contribution < 1.29 is 14.7 Å². The maximum absolute atomic E-state index is 12.2. The van der Waals surface area contributed by atoms with E-state index in [1.165, 1.54) is 5.56 Å². The predicted molar refractivity (Wildman–Crippen MR) is 78.4 cm³/mol. The zero-order valence-electron chi connectivity index (χ0n) is 12.6. The Morgan fingerprint density at radius 3 is 2.10 bits per heavy atom. The van der Waals surface area contributed by atoms with Gasteiger partial charge in [0.2, 0.25) is 5.91 Å². The molecule has 4 heteroatoms. The lowest BCUT2D eigenvalue weighted by molar-refractivity contribution is -0.143. The van der Waals surface area contributed by atoms with Crippen molar-refractivity contribution in [3.63, 3.8) is 0 Å². The molecule has 0 fully saturated rings. The van der Waals surface area contributed by atoms with Crippen molar-refractivity contribution in [2.24, 2.45) is 0 Å². The lowest BCUT2D eigenvalue weighted by atomic mass is 10.0. The third-order valence-electron chi connectivity index (χ3n) is 3.12. The van der Waals surface area contributed by atoms with Crippen LogP contribution in [0, 0.1) is 6.92 Å². The van der Waals surface area contributed by atoms with E-state index in [-0.39, 0.29) is 24.3 Å². The molecule has 0 aliphatic carbocycles. The van der Waals surface area contributed by atoms with Crippen LogP contribution in [-0.2, 0) is 16.1 Å². The molecule has 0 saturated heterocycles. The summed E-state index contributed by atoms with van der Waals surface area (Å²) < 4.78 is 0. The van der Waals surface area contributed by atoms with Gasteiger partial charge in [0.15, 0.2) is 0 Å². The fraction of sp³-hybridized carbons (Fsp3) is 0.500. The number of hydrogen-bond acceptors (Lipinski definition) is 2. The summed E-state index contributed by atoms with van der Waals surface area (Å²) >= 11 is 0. The first-order chi connectivity index (χ1) is 9.20. The maximum Gasteiger partial charge on any atom is 0.303 e. The van der Waals surface area contributed by atoms with Crippen molar-refractivity contribution in [2.45, 2.75) is 52.6 Å². The number of carboxylic acids is 1. The molecule has 0 aliphatic rings. The van der Waals surface area contributed by atoms with Gasteiger partial charge in [-0.25, -0.2) is 0 Å². The van der Waals surface area contributed by atoms with Gasteiger partial charge < -0.3 is 10.0 Å². The third-order valence-corrected chi connectivity index (χ3v) is 3.12. The topological polar surface area (TPSA) is 57.6 Å². The summed E-state index contributed by atoms with van der Waals surface area (Å²) in [5.41, 5.74) is 1.89. The smallest absolute Gasteiger partial charge is 0.303 e. The van der Waals surface area contributed by atoms with Crippen LogP contribution in [0.3, 0.4) is 0 Å². The molecule has 1 aromatic rings. The highest BCUT2D eigenvalue weighted by molar-refractivity contribution is 5.81. The average Bonchev–Trinajstić information content (AvgIpc) is 2.33. The van der Waals surface area contributed by atoms with E-state index in [1.54, 1.807) is 4.90 Å². The van der Waals surface area contributed by atoms with E-state index in [0.29, 0.717) is 6.54 Å². The number of carbonyl (C=O) groups is 2. The van der Waals surface area contributed by atoms with Crippen LogP contribution >= 0.6 is 0 Å². The van der Waals surface area contributed by atoms with E-state index < -0.39 is 5.97 Å². The van der Waals surface area contributed by atoms with Crippen molar-refractivity contribution >= 4 is 11.9 Å². The van der Waals surface area contributed by atoms with Crippen LogP contribution in [0.1, 0.15) is 44.7 Å². The zero-order valence-corrected chi connectivity index (χ0v) is 12.6. The molecule has 4 nitrogen and oxygen atoms in total. The molecule has 0 radical (unpaired) electrons. The summed E-state index contributed by atoms with van der Waals surface area (Å²) in [7, 11) is 0. The number of nitrogens with zero attached hydrogens (tertiary/aromatic N) is 1. The molecule has 0 spiro atoms. The lowest BCUT2D eigenvalue weighted by Crippen LogP contribution is -2.45. The number of carbonyl (C=O) groups excluding carboxylic acids is 1. The van der Waals surface area contributed by atoms with Crippen LogP contribution in [0.25, 0.3) is 0 Å². The number of carboxylic acid groups (broad SMARTS) is 1. The number of aliphatic carboxylic acids is 1. The highest BCUT2D eigenvalue weighted by Crippen LogP contribution is 2.19. The number of rotatable bonds is 5. The fourth-order valence-corrected chi connectivity index (χ4v) is 1.92. The molecular weight excluding hydrogens is 254 g/mol. The number of hydrogen-bond donors (Lipinski definition) is 1. The Morgan fingerprint density at radius 2 is 1.65 bits per heavy atom. The monoisotopic (exact) mass is 277 g/mol. The van der Waals surface area contributed by atoms with Crippen LogP contribution in [0.5, 0.6) is 0 Å². The molecule has 20 heavy (non-hydrogen) atoms. The molecular formula is C16H23NO3. The Hall–Kier alpha value is -1.84. The molecule has 0 aliphatic heterocycles. The van der Waals surface area contributed by atoms with Crippen LogP contribution in [0.2, 0.25) is 0 Å². The highest BCUT2D eigenvalue weighted by Gasteiger charge is 2.26. The van der Waals surface area contributed by atoms with Crippen molar-refractivity contribution in [3.05, 3.63) is 35.4 Å². The van der Waals surface area contributed by atoms with Gasteiger partial charge in [0, 0.05) is 18.5 Å². The Balaban J connectivity index is 2.82. The highest BCUT2D eigenvalue weighted by atomic mass is 16.4. The molecule has 0 atom stereocenters. The van der Waals surface area contributed by atoms with Crippen molar-refractivity contribution in [2.75, 3.05) is 0 Å². The van der Waals surface area contributed by atoms with E-state index >= 15 is 0 Å². The first-order valence-electron chi connectivity index (χ1n) is 6.78. The van der Waals surface area contributed by atoms with Crippen molar-refractivity contribution in [1.29, 1.82) is 0 Å². The fourth-order valence-electron chi connectivity index (χ4n) is 1.92. The second kappa shape index (κ2) is 6.55. The molecule has 1 rings (SSSR count). The second-order valence-electron chi connectivity index (χ2n) is 6.03. The Bertz CT molecular complexity index is 471. The van der Waals surface area contributed by atoms with Crippen molar-refractivity contribution in [1.82, 2.24) is 4.90 Å². The van der Waals surface area contributed by atoms with Crippen molar-refractivity contribution in [3.8, 4) is 0 Å². The minimum absolute atomic E-state index is 0.0401. The first kappa shape index (κ1) is 16.2. The summed E-state index contributed by atoms with van der Waals surface area (Å²) in [5.74, 6) is -1.07. The lowest BCUT2D eigenvalue weighted by Gasteiger charge is -2.36. The molecule has 1 N–H and O–H groups in total. The van der Waals surface area contributed by atoms with E-state index in [4.69, 9.17) is 5.11 Å². The van der Waals surface area contributed by atoms with Gasteiger partial charge in [0.05, 0.1) is 6.42 Å². The van der Waals surface area contributed by atoms with Gasteiger partial charge in [-0.2, -0.15) is 0 Å². The molecule has 1 aromatic carbocycles. The molecule has 110 valence electrons. The number of benzene rings is 1. The molecule has 0 aromatic heterocycles. The van der Waals surface area contributed by atoms with E-state index in [1.807, 2.05) is 52.0 Å². The van der Waals surface area contributed by atoms with E-state index in [2.05, 4.69) is 0 Å². The van der Waals surface area contributed by atoms with E-state index in [0.717, 1.165) is 5.56 Å². The summed E-state index contributed by atoms with van der Waals surface area (Å²) in [6.45, 7) is 8.39. The quantitative estimate of drug-likeness (QED) is 0.900. The van der Waals surface area contributed by atoms with Gasteiger partial charge in [-0.1, -0.05) is 29.8 Å². The predicted octanol–water partition coefficient (Wildman–Crippen LogP) is 2.99. The molecule has 0 bridgehead atoms. The summed E-state index contributed by atoms with van der Waals surface area (Å²) in [6, 6.07) is 8.02. The first-order valence-corrected chi connectivity index (χ1v) is 6.78. The minimum atomic E-state index is -0.942. The SMILES string of the molecule is Cc1ccc(CN(C(=O)CCC(=O)O)C(C)(C)C)cc1. The van der Waals surface area contributed by atoms with Gasteiger partial charge >= 0.3 is 5.97 Å². The Kier molecular flexibility index (Phi) is 5.31. The Labute approximate surface area is 120 Å². The summed E-state index contributed by atoms with van der Waals surface area (Å²) in [6.07, 6.45) is -0.0855. The zero-order chi connectivity index (χ0) is 15.3. The molecule has 0 unspecified atom stereocenters. The van der Waals surface area contributed by atoms with E-state index in [9.17, 15) is 9.59 Å². The van der Waals surface area contributed by atoms with Crippen LogP contribution in [0.15, 0.2) is 24.3 Å². The summed E-state index contributed by atoms with van der Waals surface area (Å²) in [4.78, 5) is 24.6. The van der Waals surface area contributed by atoms with Gasteiger partial charge in [-0.3, -0.25) is 9.59 Å². The van der Waals surface area contributed by atoms with Crippen LogP contribution in [0.4, 0.5) is 0 Å². The number of aryl methyl sites for hydroxylation is 1.